The number of carboxylic acid groups (broad SMARTS) is 1. The standard InChI is InChI=1S/C28H32N2O5/c1-17(2)24(27(32)33)15-29-26(31)18-8-7-9-19(14-18)30-28(34)35-16-25-22-12-5-3-10-20(22)21-11-4-6-13-23(21)25/h3-7,9-13,17-19,24-25H,8,14-16H2,1-2H3,(H,29,31)(H,30,34)(H,32,33). The van der Waals surface area contributed by atoms with Gasteiger partial charge in [0.2, 0.25) is 5.91 Å². The molecule has 0 spiro atoms. The van der Waals surface area contributed by atoms with E-state index in [1.807, 2.05) is 50.3 Å². The molecule has 0 fully saturated rings. The number of allylic oxidation sites excluding steroid dienone is 1. The van der Waals surface area contributed by atoms with Crippen molar-refractivity contribution in [2.24, 2.45) is 17.8 Å². The van der Waals surface area contributed by atoms with E-state index in [1.54, 1.807) is 0 Å². The predicted molar refractivity (Wildman–Crippen MR) is 133 cm³/mol. The van der Waals surface area contributed by atoms with E-state index in [2.05, 4.69) is 34.9 Å². The highest BCUT2D eigenvalue weighted by atomic mass is 16.5. The second kappa shape index (κ2) is 10.8. The number of fused-ring (bicyclic) bond motifs is 3. The third-order valence-electron chi connectivity index (χ3n) is 6.96. The van der Waals surface area contributed by atoms with Crippen LogP contribution in [0.2, 0.25) is 0 Å². The molecule has 0 bridgehead atoms. The first-order valence-electron chi connectivity index (χ1n) is 12.1. The molecule has 0 saturated carbocycles. The molecule has 35 heavy (non-hydrogen) atoms. The summed E-state index contributed by atoms with van der Waals surface area (Å²) in [5, 5.41) is 14.9. The van der Waals surface area contributed by atoms with Crippen molar-refractivity contribution in [3.8, 4) is 11.1 Å². The van der Waals surface area contributed by atoms with Crippen molar-refractivity contribution in [1.29, 1.82) is 0 Å². The van der Waals surface area contributed by atoms with Gasteiger partial charge in [0.05, 0.1) is 12.0 Å². The molecule has 0 aromatic heterocycles. The van der Waals surface area contributed by atoms with Gasteiger partial charge in [-0.2, -0.15) is 0 Å². The molecule has 0 saturated heterocycles. The molecule has 2 aliphatic rings. The molecule has 3 unspecified atom stereocenters. The van der Waals surface area contributed by atoms with Crippen molar-refractivity contribution in [3.05, 3.63) is 71.8 Å². The SMILES string of the molecule is CC(C)C(CNC(=O)C1CC=CC(NC(=O)OCC2c3ccccc3-c3ccccc32)C1)C(=O)O. The molecule has 2 aliphatic carbocycles. The fraction of sp³-hybridized carbons (Fsp3) is 0.393. The monoisotopic (exact) mass is 476 g/mol. The van der Waals surface area contributed by atoms with Crippen molar-refractivity contribution >= 4 is 18.0 Å². The van der Waals surface area contributed by atoms with Gasteiger partial charge in [-0.05, 0) is 41.0 Å². The Morgan fingerprint density at radius 2 is 1.66 bits per heavy atom. The molecule has 3 N–H and O–H groups in total. The molecule has 2 aromatic carbocycles. The third-order valence-corrected chi connectivity index (χ3v) is 6.96. The minimum atomic E-state index is -0.918. The summed E-state index contributed by atoms with van der Waals surface area (Å²) in [5.74, 6) is -2.17. The van der Waals surface area contributed by atoms with E-state index in [0.717, 1.165) is 11.1 Å². The van der Waals surface area contributed by atoms with Crippen LogP contribution >= 0.6 is 0 Å². The van der Waals surface area contributed by atoms with Crippen LogP contribution in [-0.2, 0) is 14.3 Å². The molecule has 0 radical (unpaired) electrons. The molecule has 184 valence electrons. The number of hydrogen-bond acceptors (Lipinski definition) is 4. The van der Waals surface area contributed by atoms with Crippen molar-refractivity contribution in [2.45, 2.75) is 38.6 Å². The molecular weight excluding hydrogens is 444 g/mol. The van der Waals surface area contributed by atoms with Crippen LogP contribution in [0, 0.1) is 17.8 Å². The number of carbonyl (C=O) groups excluding carboxylic acids is 2. The van der Waals surface area contributed by atoms with Gasteiger partial charge < -0.3 is 20.5 Å². The molecule has 3 atom stereocenters. The number of amides is 2. The average Bonchev–Trinajstić information content (AvgIpc) is 3.16. The summed E-state index contributed by atoms with van der Waals surface area (Å²) in [7, 11) is 0. The van der Waals surface area contributed by atoms with Crippen molar-refractivity contribution in [3.63, 3.8) is 0 Å². The number of benzene rings is 2. The van der Waals surface area contributed by atoms with Crippen LogP contribution in [0.15, 0.2) is 60.7 Å². The van der Waals surface area contributed by atoms with Gasteiger partial charge in [-0.1, -0.05) is 74.5 Å². The first-order valence-corrected chi connectivity index (χ1v) is 12.1. The maximum Gasteiger partial charge on any atom is 0.407 e. The van der Waals surface area contributed by atoms with Gasteiger partial charge in [0.15, 0.2) is 0 Å². The Labute approximate surface area is 205 Å². The highest BCUT2D eigenvalue weighted by Gasteiger charge is 2.30. The Bertz CT molecular complexity index is 1080. The van der Waals surface area contributed by atoms with Crippen LogP contribution in [0.5, 0.6) is 0 Å². The molecule has 0 aliphatic heterocycles. The van der Waals surface area contributed by atoms with Gasteiger partial charge in [0.1, 0.15) is 6.61 Å². The predicted octanol–water partition coefficient (Wildman–Crippen LogP) is 4.33. The number of aliphatic carboxylic acids is 1. The Balaban J connectivity index is 1.30. The zero-order valence-electron chi connectivity index (χ0n) is 20.1. The summed E-state index contributed by atoms with van der Waals surface area (Å²) in [6.45, 7) is 3.97. The second-order valence-electron chi connectivity index (χ2n) is 9.61. The van der Waals surface area contributed by atoms with Crippen molar-refractivity contribution < 1.29 is 24.2 Å². The lowest BCUT2D eigenvalue weighted by atomic mass is 9.89. The van der Waals surface area contributed by atoms with Crippen LogP contribution in [0.1, 0.15) is 43.7 Å². The highest BCUT2D eigenvalue weighted by Crippen LogP contribution is 2.44. The summed E-state index contributed by atoms with van der Waals surface area (Å²) < 4.78 is 5.62. The van der Waals surface area contributed by atoms with Crippen LogP contribution in [-0.4, -0.2) is 42.3 Å². The van der Waals surface area contributed by atoms with Crippen molar-refractivity contribution in [1.82, 2.24) is 10.6 Å². The van der Waals surface area contributed by atoms with E-state index in [1.165, 1.54) is 11.1 Å². The molecule has 2 aromatic rings. The zero-order valence-corrected chi connectivity index (χ0v) is 20.1. The number of carbonyl (C=O) groups is 3. The van der Waals surface area contributed by atoms with E-state index >= 15 is 0 Å². The Hall–Kier alpha value is -3.61. The van der Waals surface area contributed by atoms with E-state index in [0.29, 0.717) is 12.8 Å². The largest absolute Gasteiger partial charge is 0.481 e. The Morgan fingerprint density at radius 3 is 2.26 bits per heavy atom. The highest BCUT2D eigenvalue weighted by molar-refractivity contribution is 5.81. The lowest BCUT2D eigenvalue weighted by Gasteiger charge is -2.26. The molecule has 4 rings (SSSR count). The zero-order chi connectivity index (χ0) is 24.9. The minimum Gasteiger partial charge on any atom is -0.481 e. The molecular formula is C28H32N2O5. The number of rotatable bonds is 8. The average molecular weight is 477 g/mol. The van der Waals surface area contributed by atoms with E-state index in [-0.39, 0.29) is 42.9 Å². The molecule has 0 heterocycles. The van der Waals surface area contributed by atoms with Gasteiger partial charge in [-0.3, -0.25) is 9.59 Å². The van der Waals surface area contributed by atoms with Crippen molar-refractivity contribution in [2.75, 3.05) is 13.2 Å². The smallest absolute Gasteiger partial charge is 0.407 e. The quantitative estimate of drug-likeness (QED) is 0.492. The van der Waals surface area contributed by atoms with E-state index < -0.39 is 18.0 Å². The molecule has 2 amide bonds. The minimum absolute atomic E-state index is 0.0169. The maximum atomic E-state index is 12.6. The van der Waals surface area contributed by atoms with Gasteiger partial charge >= 0.3 is 12.1 Å². The van der Waals surface area contributed by atoms with Gasteiger partial charge in [-0.15, -0.1) is 0 Å². The summed E-state index contributed by atoms with van der Waals surface area (Å²) in [6, 6.07) is 16.0. The summed E-state index contributed by atoms with van der Waals surface area (Å²) in [6.07, 6.45) is 4.21. The van der Waals surface area contributed by atoms with Gasteiger partial charge in [0, 0.05) is 18.4 Å². The number of nitrogens with one attached hydrogen (secondary N) is 2. The van der Waals surface area contributed by atoms with Gasteiger partial charge in [-0.25, -0.2) is 4.79 Å². The first kappa shape index (κ1) is 24.5. The fourth-order valence-corrected chi connectivity index (χ4v) is 4.96. The Kier molecular flexibility index (Phi) is 7.54. The fourth-order valence-electron chi connectivity index (χ4n) is 4.96. The molecule has 7 heteroatoms. The van der Waals surface area contributed by atoms with Crippen LogP contribution in [0.25, 0.3) is 11.1 Å². The number of ether oxygens (including phenoxy) is 1. The third kappa shape index (κ3) is 5.56. The van der Waals surface area contributed by atoms with E-state index in [9.17, 15) is 19.5 Å². The summed E-state index contributed by atoms with van der Waals surface area (Å²) in [5.41, 5.74) is 4.64. The lowest BCUT2D eigenvalue weighted by Crippen LogP contribution is -2.43. The number of hydrogen-bond donors (Lipinski definition) is 3. The summed E-state index contributed by atoms with van der Waals surface area (Å²) in [4.78, 5) is 36.6. The topological polar surface area (TPSA) is 105 Å². The number of alkyl carbamates (subject to hydrolysis) is 1. The Morgan fingerprint density at radius 1 is 1.03 bits per heavy atom. The summed E-state index contributed by atoms with van der Waals surface area (Å²) >= 11 is 0. The van der Waals surface area contributed by atoms with Crippen LogP contribution in [0.4, 0.5) is 4.79 Å². The lowest BCUT2D eigenvalue weighted by molar-refractivity contribution is -0.143. The maximum absolute atomic E-state index is 12.6. The van der Waals surface area contributed by atoms with Crippen LogP contribution in [0.3, 0.4) is 0 Å². The normalized spacial score (nSPS) is 19.5. The first-order chi connectivity index (χ1) is 16.8. The van der Waals surface area contributed by atoms with Gasteiger partial charge in [0.25, 0.3) is 0 Å². The van der Waals surface area contributed by atoms with E-state index in [4.69, 9.17) is 4.74 Å². The van der Waals surface area contributed by atoms with Crippen LogP contribution < -0.4 is 10.6 Å². The number of carboxylic acids is 1. The molecule has 7 nitrogen and oxygen atoms in total. The second-order valence-corrected chi connectivity index (χ2v) is 9.61.